The molecule has 18 heavy (non-hydrogen) atoms. The fourth-order valence-electron chi connectivity index (χ4n) is 1.72. The maximum atomic E-state index is 6.00. The highest BCUT2D eigenvalue weighted by atomic mass is 35.5. The molecule has 0 amide bonds. The summed E-state index contributed by atoms with van der Waals surface area (Å²) in [7, 11) is 0. The monoisotopic (exact) mass is 270 g/mol. The fourth-order valence-corrected chi connectivity index (χ4v) is 1.90. The molecule has 4 nitrogen and oxygen atoms in total. The molecular formula is C13H19ClN2O2. The molecule has 0 aromatic carbocycles. The van der Waals surface area contributed by atoms with Crippen molar-refractivity contribution in [2.24, 2.45) is 5.92 Å². The molecule has 1 aromatic rings. The quantitative estimate of drug-likeness (QED) is 0.793. The molecule has 1 unspecified atom stereocenters. The van der Waals surface area contributed by atoms with Crippen LogP contribution in [0.5, 0.6) is 5.88 Å². The third kappa shape index (κ3) is 3.56. The molecule has 1 fully saturated rings. The van der Waals surface area contributed by atoms with Crippen LogP contribution in [-0.4, -0.2) is 29.8 Å². The molecule has 1 aliphatic heterocycles. The van der Waals surface area contributed by atoms with Gasteiger partial charge < -0.3 is 9.47 Å². The van der Waals surface area contributed by atoms with Gasteiger partial charge in [-0.1, -0.05) is 32.4 Å². The van der Waals surface area contributed by atoms with Crippen LogP contribution >= 0.6 is 11.6 Å². The maximum Gasteiger partial charge on any atom is 0.218 e. The summed E-state index contributed by atoms with van der Waals surface area (Å²) in [4.78, 5) is 8.64. The predicted molar refractivity (Wildman–Crippen MR) is 70.2 cm³/mol. The highest BCUT2D eigenvalue weighted by Gasteiger charge is 2.20. The van der Waals surface area contributed by atoms with Crippen molar-refractivity contribution in [2.45, 2.75) is 32.6 Å². The van der Waals surface area contributed by atoms with Gasteiger partial charge in [0, 0.05) is 24.0 Å². The van der Waals surface area contributed by atoms with Crippen LogP contribution in [0, 0.1) is 5.92 Å². The summed E-state index contributed by atoms with van der Waals surface area (Å²) in [6.45, 7) is 8.36. The molecular weight excluding hydrogens is 252 g/mol. The van der Waals surface area contributed by atoms with Gasteiger partial charge >= 0.3 is 0 Å². The van der Waals surface area contributed by atoms with Crippen molar-refractivity contribution in [1.29, 1.82) is 0 Å². The second kappa shape index (κ2) is 5.41. The van der Waals surface area contributed by atoms with Gasteiger partial charge in [-0.15, -0.1) is 0 Å². The summed E-state index contributed by atoms with van der Waals surface area (Å²) in [5.41, 5.74) is -0.139. The maximum absolute atomic E-state index is 6.00. The minimum absolute atomic E-state index is 0.139. The van der Waals surface area contributed by atoms with E-state index in [0.717, 1.165) is 19.6 Å². The predicted octanol–water partition coefficient (Wildman–Crippen LogP) is 2.84. The number of hydrogen-bond donors (Lipinski definition) is 0. The molecule has 1 atom stereocenters. The summed E-state index contributed by atoms with van der Waals surface area (Å²) in [6.07, 6.45) is 1.05. The van der Waals surface area contributed by atoms with Crippen molar-refractivity contribution in [3.63, 3.8) is 0 Å². The van der Waals surface area contributed by atoms with E-state index in [1.165, 1.54) is 0 Å². The molecule has 5 heteroatoms. The molecule has 0 spiro atoms. The van der Waals surface area contributed by atoms with E-state index in [0.29, 0.717) is 29.4 Å². The van der Waals surface area contributed by atoms with E-state index >= 15 is 0 Å². The van der Waals surface area contributed by atoms with Crippen molar-refractivity contribution >= 4 is 11.6 Å². The van der Waals surface area contributed by atoms with Crippen molar-refractivity contribution in [3.05, 3.63) is 17.0 Å². The van der Waals surface area contributed by atoms with Gasteiger partial charge in [-0.3, -0.25) is 0 Å². The molecule has 0 bridgehead atoms. The van der Waals surface area contributed by atoms with E-state index < -0.39 is 0 Å². The van der Waals surface area contributed by atoms with Crippen molar-refractivity contribution in [3.8, 4) is 5.88 Å². The highest BCUT2D eigenvalue weighted by molar-refractivity contribution is 6.29. The van der Waals surface area contributed by atoms with Gasteiger partial charge in [-0.25, -0.2) is 4.98 Å². The summed E-state index contributed by atoms with van der Waals surface area (Å²) in [5.74, 6) is 1.70. The van der Waals surface area contributed by atoms with Crippen LogP contribution in [0.1, 0.15) is 33.0 Å². The Morgan fingerprint density at radius 3 is 2.83 bits per heavy atom. The third-order valence-electron chi connectivity index (χ3n) is 2.83. The zero-order valence-corrected chi connectivity index (χ0v) is 11.8. The first-order valence-corrected chi connectivity index (χ1v) is 6.58. The van der Waals surface area contributed by atoms with Crippen LogP contribution in [0.25, 0.3) is 0 Å². The molecule has 0 aliphatic carbocycles. The van der Waals surface area contributed by atoms with Crippen molar-refractivity contribution in [1.82, 2.24) is 9.97 Å². The van der Waals surface area contributed by atoms with E-state index in [4.69, 9.17) is 21.1 Å². The molecule has 100 valence electrons. The van der Waals surface area contributed by atoms with E-state index in [9.17, 15) is 0 Å². The van der Waals surface area contributed by atoms with Crippen LogP contribution in [0.4, 0.5) is 0 Å². The molecule has 2 heterocycles. The zero-order valence-electron chi connectivity index (χ0n) is 11.1. The van der Waals surface area contributed by atoms with Crippen LogP contribution in [0.15, 0.2) is 6.07 Å². The van der Waals surface area contributed by atoms with Gasteiger partial charge in [0.2, 0.25) is 5.88 Å². The van der Waals surface area contributed by atoms with E-state index in [1.807, 2.05) is 20.8 Å². The molecule has 1 saturated heterocycles. The number of halogens is 1. The number of aromatic nitrogens is 2. The Kier molecular flexibility index (Phi) is 4.07. The Balaban J connectivity index is 2.05. The smallest absolute Gasteiger partial charge is 0.218 e. The van der Waals surface area contributed by atoms with Gasteiger partial charge in [0.05, 0.1) is 13.2 Å². The normalized spacial score (nSPS) is 20.1. The van der Waals surface area contributed by atoms with Crippen molar-refractivity contribution < 1.29 is 9.47 Å². The molecule has 0 N–H and O–H groups in total. The first-order valence-electron chi connectivity index (χ1n) is 6.21. The number of nitrogens with zero attached hydrogens (tertiary/aromatic N) is 2. The van der Waals surface area contributed by atoms with Crippen molar-refractivity contribution in [2.75, 3.05) is 19.8 Å². The first-order chi connectivity index (χ1) is 8.45. The van der Waals surface area contributed by atoms with Gasteiger partial charge in [0.15, 0.2) is 0 Å². The summed E-state index contributed by atoms with van der Waals surface area (Å²) in [6, 6.07) is 1.66. The lowest BCUT2D eigenvalue weighted by Crippen LogP contribution is -2.18. The summed E-state index contributed by atoms with van der Waals surface area (Å²) >= 11 is 6.00. The third-order valence-corrected chi connectivity index (χ3v) is 3.03. The van der Waals surface area contributed by atoms with Gasteiger partial charge in [-0.2, -0.15) is 4.98 Å². The lowest BCUT2D eigenvalue weighted by Gasteiger charge is -2.18. The van der Waals surface area contributed by atoms with Gasteiger partial charge in [-0.05, 0) is 6.42 Å². The Labute approximate surface area is 113 Å². The van der Waals surface area contributed by atoms with E-state index in [2.05, 4.69) is 9.97 Å². The minimum Gasteiger partial charge on any atom is -0.477 e. The lowest BCUT2D eigenvalue weighted by molar-refractivity contribution is 0.165. The first kappa shape index (κ1) is 13.6. The highest BCUT2D eigenvalue weighted by Crippen LogP contribution is 2.24. The minimum atomic E-state index is -0.139. The number of hydrogen-bond acceptors (Lipinski definition) is 4. The molecule has 1 aliphatic rings. The van der Waals surface area contributed by atoms with Gasteiger partial charge in [0.1, 0.15) is 11.0 Å². The SMILES string of the molecule is CC(C)(C)c1nc(Cl)cc(OCC2CCOC2)n1. The standard InChI is InChI=1S/C13H19ClN2O2/c1-13(2,3)12-15-10(14)6-11(16-12)18-8-9-4-5-17-7-9/h6,9H,4-5,7-8H2,1-3H3. The second-order valence-corrected chi connectivity index (χ2v) is 6.03. The Morgan fingerprint density at radius 2 is 2.22 bits per heavy atom. The average molecular weight is 271 g/mol. The molecule has 0 radical (unpaired) electrons. The second-order valence-electron chi connectivity index (χ2n) is 5.64. The van der Waals surface area contributed by atoms with Gasteiger partial charge in [0.25, 0.3) is 0 Å². The largest absolute Gasteiger partial charge is 0.477 e. The Bertz CT molecular complexity index is 412. The van der Waals surface area contributed by atoms with Crippen LogP contribution < -0.4 is 4.74 Å². The Morgan fingerprint density at radius 1 is 1.44 bits per heavy atom. The zero-order chi connectivity index (χ0) is 13.2. The fraction of sp³-hybridized carbons (Fsp3) is 0.692. The number of rotatable bonds is 3. The average Bonchev–Trinajstić information content (AvgIpc) is 2.77. The molecule has 0 saturated carbocycles. The van der Waals surface area contributed by atoms with Crippen LogP contribution in [-0.2, 0) is 10.2 Å². The topological polar surface area (TPSA) is 44.2 Å². The summed E-state index contributed by atoms with van der Waals surface area (Å²) in [5, 5.41) is 0.424. The summed E-state index contributed by atoms with van der Waals surface area (Å²) < 4.78 is 11.0. The lowest BCUT2D eigenvalue weighted by atomic mass is 9.96. The van der Waals surface area contributed by atoms with E-state index in [1.54, 1.807) is 6.07 Å². The Hall–Kier alpha value is -0.870. The van der Waals surface area contributed by atoms with E-state index in [-0.39, 0.29) is 5.41 Å². The number of ether oxygens (including phenoxy) is 2. The van der Waals surface area contributed by atoms with Crippen LogP contribution in [0.2, 0.25) is 5.15 Å². The molecule has 1 aromatic heterocycles. The van der Waals surface area contributed by atoms with Crippen LogP contribution in [0.3, 0.4) is 0 Å². The molecule has 2 rings (SSSR count).